The maximum Gasteiger partial charge on any atom is 0.230 e. The fourth-order valence-electron chi connectivity index (χ4n) is 1.27. The van der Waals surface area contributed by atoms with E-state index in [2.05, 4.69) is 0 Å². The summed E-state index contributed by atoms with van der Waals surface area (Å²) in [4.78, 5) is 23.3. The van der Waals surface area contributed by atoms with Gasteiger partial charge in [0.1, 0.15) is 6.04 Å². The molecule has 0 radical (unpaired) electrons. The average molecular weight is 166 g/mol. The molecule has 1 atom stereocenters. The molecule has 1 aliphatic rings. The van der Waals surface area contributed by atoms with E-state index in [-0.39, 0.29) is 24.7 Å². The van der Waals surface area contributed by atoms with E-state index in [9.17, 15) is 9.59 Å². The van der Waals surface area contributed by atoms with Gasteiger partial charge in [0.25, 0.3) is 0 Å². The monoisotopic (exact) mass is 166 g/mol. The molecular weight excluding hydrogens is 156 g/mol. The van der Waals surface area contributed by atoms with Crippen LogP contribution in [-0.2, 0) is 9.59 Å². The highest BCUT2D eigenvalue weighted by Crippen LogP contribution is 2.16. The van der Waals surface area contributed by atoms with Gasteiger partial charge in [-0.1, -0.05) is 6.92 Å². The maximum absolute atomic E-state index is 11.1. The second kappa shape index (κ2) is 3.35. The second-order valence-electron chi connectivity index (χ2n) is 2.71. The van der Waals surface area contributed by atoms with Crippen LogP contribution in [0.3, 0.4) is 0 Å². The number of nitriles is 1. The van der Waals surface area contributed by atoms with Crippen LogP contribution in [0.25, 0.3) is 0 Å². The Kier molecular flexibility index (Phi) is 2.44. The smallest absolute Gasteiger partial charge is 0.230 e. The molecule has 0 N–H and O–H groups in total. The first-order valence-corrected chi connectivity index (χ1v) is 3.95. The van der Waals surface area contributed by atoms with E-state index in [1.165, 1.54) is 0 Å². The van der Waals surface area contributed by atoms with E-state index < -0.39 is 6.04 Å². The molecule has 1 saturated heterocycles. The summed E-state index contributed by atoms with van der Waals surface area (Å²) in [6.07, 6.45) is 1.03. The van der Waals surface area contributed by atoms with E-state index in [0.717, 1.165) is 4.90 Å². The topological polar surface area (TPSA) is 61.2 Å². The summed E-state index contributed by atoms with van der Waals surface area (Å²) in [5.41, 5.74) is 0. The summed E-state index contributed by atoms with van der Waals surface area (Å²) >= 11 is 0. The van der Waals surface area contributed by atoms with E-state index in [4.69, 9.17) is 5.26 Å². The number of imide groups is 1. The molecular formula is C8H10N2O2. The van der Waals surface area contributed by atoms with Crippen LogP contribution >= 0.6 is 0 Å². The maximum atomic E-state index is 11.1. The number of amides is 2. The molecule has 1 unspecified atom stereocenters. The Hall–Kier alpha value is -1.37. The van der Waals surface area contributed by atoms with Crippen LogP contribution in [0.4, 0.5) is 0 Å². The molecule has 0 spiro atoms. The Morgan fingerprint density at radius 3 is 2.33 bits per heavy atom. The Morgan fingerprint density at radius 2 is 2.00 bits per heavy atom. The first-order valence-electron chi connectivity index (χ1n) is 3.95. The van der Waals surface area contributed by atoms with Crippen molar-refractivity contribution in [2.24, 2.45) is 0 Å². The van der Waals surface area contributed by atoms with Gasteiger partial charge in [-0.25, -0.2) is 0 Å². The van der Waals surface area contributed by atoms with Crippen LogP contribution in [0.5, 0.6) is 0 Å². The number of carbonyl (C=O) groups is 2. The summed E-state index contributed by atoms with van der Waals surface area (Å²) in [7, 11) is 0. The standard InChI is InChI=1S/C8H10N2O2/c1-2-6(5-9)10-7(11)3-4-8(10)12/h6H,2-4H2,1H3. The Bertz CT molecular complexity index is 238. The van der Waals surface area contributed by atoms with Crippen molar-refractivity contribution in [1.82, 2.24) is 4.90 Å². The summed E-state index contributed by atoms with van der Waals surface area (Å²) in [6.45, 7) is 1.78. The summed E-state index contributed by atoms with van der Waals surface area (Å²) in [5, 5.41) is 8.63. The molecule has 0 aliphatic carbocycles. The molecule has 1 heterocycles. The van der Waals surface area contributed by atoms with Crippen LogP contribution in [-0.4, -0.2) is 22.8 Å². The third kappa shape index (κ3) is 1.30. The molecule has 4 nitrogen and oxygen atoms in total. The van der Waals surface area contributed by atoms with E-state index in [1.54, 1.807) is 6.92 Å². The summed E-state index contributed by atoms with van der Waals surface area (Å²) in [6, 6.07) is 1.38. The van der Waals surface area contributed by atoms with Crippen molar-refractivity contribution >= 4 is 11.8 Å². The number of hydrogen-bond donors (Lipinski definition) is 0. The van der Waals surface area contributed by atoms with Crippen molar-refractivity contribution in [2.45, 2.75) is 32.2 Å². The molecule has 1 rings (SSSR count). The largest absolute Gasteiger partial charge is 0.274 e. The van der Waals surface area contributed by atoms with Crippen molar-refractivity contribution in [2.75, 3.05) is 0 Å². The van der Waals surface area contributed by atoms with Gasteiger partial charge in [0.2, 0.25) is 11.8 Å². The first-order chi connectivity index (χ1) is 5.70. The molecule has 4 heteroatoms. The van der Waals surface area contributed by atoms with Gasteiger partial charge in [0.15, 0.2) is 0 Å². The fourth-order valence-corrected chi connectivity index (χ4v) is 1.27. The Balaban J connectivity index is 2.79. The van der Waals surface area contributed by atoms with Gasteiger partial charge in [0.05, 0.1) is 6.07 Å². The molecule has 0 aromatic heterocycles. The van der Waals surface area contributed by atoms with Gasteiger partial charge < -0.3 is 0 Å². The van der Waals surface area contributed by atoms with Crippen LogP contribution in [0.2, 0.25) is 0 Å². The highest BCUT2D eigenvalue weighted by atomic mass is 16.2. The number of rotatable bonds is 2. The second-order valence-corrected chi connectivity index (χ2v) is 2.71. The highest BCUT2D eigenvalue weighted by Gasteiger charge is 2.33. The predicted molar refractivity (Wildman–Crippen MR) is 40.8 cm³/mol. The zero-order chi connectivity index (χ0) is 9.14. The van der Waals surface area contributed by atoms with Crippen LogP contribution in [0.15, 0.2) is 0 Å². The van der Waals surface area contributed by atoms with Crippen LogP contribution in [0, 0.1) is 11.3 Å². The van der Waals surface area contributed by atoms with Gasteiger partial charge in [-0.2, -0.15) is 5.26 Å². The van der Waals surface area contributed by atoms with Gasteiger partial charge in [0, 0.05) is 12.8 Å². The van der Waals surface area contributed by atoms with Crippen LogP contribution in [0.1, 0.15) is 26.2 Å². The summed E-state index contributed by atoms with van der Waals surface area (Å²) < 4.78 is 0. The number of hydrogen-bond acceptors (Lipinski definition) is 3. The lowest BCUT2D eigenvalue weighted by Crippen LogP contribution is -2.37. The molecule has 1 aliphatic heterocycles. The lowest BCUT2D eigenvalue weighted by Gasteiger charge is -2.17. The third-order valence-electron chi connectivity index (χ3n) is 1.94. The van der Waals surface area contributed by atoms with Crippen molar-refractivity contribution < 1.29 is 9.59 Å². The molecule has 1 fully saturated rings. The average Bonchev–Trinajstić information content (AvgIpc) is 2.38. The minimum atomic E-state index is -0.563. The van der Waals surface area contributed by atoms with Gasteiger partial charge in [-0.05, 0) is 6.42 Å². The zero-order valence-electron chi connectivity index (χ0n) is 6.91. The van der Waals surface area contributed by atoms with E-state index in [1.807, 2.05) is 6.07 Å². The van der Waals surface area contributed by atoms with Gasteiger partial charge in [-0.3, -0.25) is 14.5 Å². The van der Waals surface area contributed by atoms with Crippen LogP contribution < -0.4 is 0 Å². The Morgan fingerprint density at radius 1 is 1.50 bits per heavy atom. The number of carbonyl (C=O) groups excluding carboxylic acids is 2. The molecule has 2 amide bonds. The SMILES string of the molecule is CCC(C#N)N1C(=O)CCC1=O. The zero-order valence-corrected chi connectivity index (χ0v) is 6.91. The minimum absolute atomic E-state index is 0.214. The third-order valence-corrected chi connectivity index (χ3v) is 1.94. The number of nitrogens with zero attached hydrogens (tertiary/aromatic N) is 2. The number of likely N-dealkylation sites (tertiary alicyclic amines) is 1. The Labute approximate surface area is 70.8 Å². The lowest BCUT2D eigenvalue weighted by molar-refractivity contribution is -0.139. The minimum Gasteiger partial charge on any atom is -0.274 e. The molecule has 0 saturated carbocycles. The van der Waals surface area contributed by atoms with Crippen molar-refractivity contribution in [3.8, 4) is 6.07 Å². The van der Waals surface area contributed by atoms with Crippen molar-refractivity contribution in [3.63, 3.8) is 0 Å². The molecule has 64 valence electrons. The van der Waals surface area contributed by atoms with Crippen molar-refractivity contribution in [3.05, 3.63) is 0 Å². The predicted octanol–water partition coefficient (Wildman–Crippen LogP) is 0.438. The first kappa shape index (κ1) is 8.72. The highest BCUT2D eigenvalue weighted by molar-refractivity contribution is 6.02. The lowest BCUT2D eigenvalue weighted by atomic mass is 10.2. The summed E-state index contributed by atoms with van der Waals surface area (Å²) in [5.74, 6) is -0.429. The quantitative estimate of drug-likeness (QED) is 0.559. The van der Waals surface area contributed by atoms with Gasteiger partial charge in [-0.15, -0.1) is 0 Å². The molecule has 12 heavy (non-hydrogen) atoms. The van der Waals surface area contributed by atoms with E-state index >= 15 is 0 Å². The fraction of sp³-hybridized carbons (Fsp3) is 0.625. The molecule has 0 aromatic carbocycles. The molecule has 0 bridgehead atoms. The molecule has 0 aromatic rings. The van der Waals surface area contributed by atoms with Crippen molar-refractivity contribution in [1.29, 1.82) is 5.26 Å². The van der Waals surface area contributed by atoms with Gasteiger partial charge >= 0.3 is 0 Å². The van der Waals surface area contributed by atoms with E-state index in [0.29, 0.717) is 6.42 Å². The normalized spacial score (nSPS) is 19.5.